The van der Waals surface area contributed by atoms with Crippen LogP contribution in [-0.2, 0) is 11.3 Å². The lowest BCUT2D eigenvalue weighted by Crippen LogP contribution is -2.38. The van der Waals surface area contributed by atoms with Gasteiger partial charge in [-0.1, -0.05) is 30.0 Å². The number of para-hydroxylation sites is 1. The van der Waals surface area contributed by atoms with Gasteiger partial charge in [0, 0.05) is 25.0 Å². The number of fused-ring (bicyclic) bond motifs is 1. The number of rotatable bonds is 6. The van der Waals surface area contributed by atoms with E-state index in [0.29, 0.717) is 19.0 Å². The highest BCUT2D eigenvalue weighted by atomic mass is 32.2. The van der Waals surface area contributed by atoms with Gasteiger partial charge in [0.25, 0.3) is 0 Å². The van der Waals surface area contributed by atoms with Crippen molar-refractivity contribution in [2.75, 3.05) is 37.0 Å². The number of benzene rings is 1. The van der Waals surface area contributed by atoms with Gasteiger partial charge in [-0.3, -0.25) is 9.36 Å². The number of carbonyl (C=O) groups excluding carboxylic acids is 1. The summed E-state index contributed by atoms with van der Waals surface area (Å²) in [5, 5.41) is 10.3. The molecule has 7 nitrogen and oxygen atoms in total. The van der Waals surface area contributed by atoms with Crippen molar-refractivity contribution in [3.8, 4) is 0 Å². The first-order valence-electron chi connectivity index (χ1n) is 8.66. The Balaban J connectivity index is 1.47. The minimum atomic E-state index is -0.0511. The van der Waals surface area contributed by atoms with E-state index in [9.17, 15) is 4.79 Å². The van der Waals surface area contributed by atoms with Gasteiger partial charge in [-0.15, -0.1) is 10.2 Å². The molecule has 8 heteroatoms. The highest BCUT2D eigenvalue weighted by molar-refractivity contribution is 7.99. The second-order valence-corrected chi connectivity index (χ2v) is 6.93. The Morgan fingerprint density at radius 3 is 2.81 bits per heavy atom. The fraction of sp³-hybridized carbons (Fsp3) is 0.389. The number of thioether (sulfide) groups is 1. The number of aromatic nitrogens is 3. The number of anilines is 1. The largest absolute Gasteiger partial charge is 0.453 e. The number of furan rings is 1. The Hall–Kier alpha value is -2.32. The Morgan fingerprint density at radius 1 is 1.23 bits per heavy atom. The summed E-state index contributed by atoms with van der Waals surface area (Å²) in [4.78, 5) is 14.7. The second-order valence-electron chi connectivity index (χ2n) is 5.99. The van der Waals surface area contributed by atoms with Crippen LogP contribution < -0.4 is 4.90 Å². The summed E-state index contributed by atoms with van der Waals surface area (Å²) >= 11 is 1.39. The van der Waals surface area contributed by atoms with Crippen molar-refractivity contribution >= 4 is 34.5 Å². The monoisotopic (exact) mass is 372 g/mol. The molecule has 3 heterocycles. The van der Waals surface area contributed by atoms with Crippen LogP contribution in [0.1, 0.15) is 17.5 Å². The molecule has 1 aromatic carbocycles. The number of carbonyl (C=O) groups is 1. The number of ether oxygens (including phenoxy) is 1. The smallest absolute Gasteiger partial charge is 0.228 e. The number of hydrogen-bond acceptors (Lipinski definition) is 7. The van der Waals surface area contributed by atoms with Gasteiger partial charge in [-0.2, -0.15) is 0 Å². The molecule has 1 aliphatic heterocycles. The fourth-order valence-corrected chi connectivity index (χ4v) is 3.85. The Morgan fingerprint density at radius 2 is 2.04 bits per heavy atom. The van der Waals surface area contributed by atoms with Crippen molar-refractivity contribution in [1.82, 2.24) is 14.8 Å². The first-order valence-corrected chi connectivity index (χ1v) is 9.65. The van der Waals surface area contributed by atoms with Crippen molar-refractivity contribution in [2.24, 2.45) is 0 Å². The molecule has 0 bridgehead atoms. The highest BCUT2D eigenvalue weighted by Gasteiger charge is 2.21. The Bertz CT molecular complexity index is 881. The first kappa shape index (κ1) is 17.1. The van der Waals surface area contributed by atoms with Crippen LogP contribution in [0.2, 0.25) is 0 Å². The zero-order valence-electron chi connectivity index (χ0n) is 14.6. The van der Waals surface area contributed by atoms with Crippen molar-refractivity contribution in [1.29, 1.82) is 0 Å². The van der Waals surface area contributed by atoms with Crippen LogP contribution in [0.5, 0.6) is 0 Å². The summed E-state index contributed by atoms with van der Waals surface area (Å²) in [5.41, 5.74) is 0.729. The Kier molecular flexibility index (Phi) is 4.94. The van der Waals surface area contributed by atoms with E-state index in [1.807, 2.05) is 28.8 Å². The van der Waals surface area contributed by atoms with Gasteiger partial charge in [0.2, 0.25) is 11.7 Å². The van der Waals surface area contributed by atoms with Crippen LogP contribution >= 0.6 is 11.8 Å². The van der Waals surface area contributed by atoms with Crippen LogP contribution in [0.25, 0.3) is 11.0 Å². The van der Waals surface area contributed by atoms with Crippen LogP contribution in [0.15, 0.2) is 39.9 Å². The molecule has 1 fully saturated rings. The number of morpholine rings is 1. The van der Waals surface area contributed by atoms with E-state index in [-0.39, 0.29) is 11.5 Å². The molecule has 0 aliphatic carbocycles. The third-order valence-electron chi connectivity index (χ3n) is 4.34. The molecular weight excluding hydrogens is 352 g/mol. The van der Waals surface area contributed by atoms with Crippen LogP contribution in [0.3, 0.4) is 0 Å². The van der Waals surface area contributed by atoms with Gasteiger partial charge >= 0.3 is 0 Å². The summed E-state index contributed by atoms with van der Waals surface area (Å²) in [7, 11) is 0. The summed E-state index contributed by atoms with van der Waals surface area (Å²) in [6.45, 7) is 5.81. The van der Waals surface area contributed by atoms with Gasteiger partial charge in [-0.25, -0.2) is 0 Å². The van der Waals surface area contributed by atoms with Gasteiger partial charge < -0.3 is 14.1 Å². The lowest BCUT2D eigenvalue weighted by molar-refractivity contribution is 0.0994. The molecule has 26 heavy (non-hydrogen) atoms. The van der Waals surface area contributed by atoms with E-state index in [2.05, 4.69) is 22.0 Å². The lowest BCUT2D eigenvalue weighted by Gasteiger charge is -2.27. The highest BCUT2D eigenvalue weighted by Crippen LogP contribution is 2.25. The minimum Gasteiger partial charge on any atom is -0.453 e. The van der Waals surface area contributed by atoms with E-state index in [1.54, 1.807) is 6.07 Å². The molecule has 136 valence electrons. The molecule has 0 saturated carbocycles. The van der Waals surface area contributed by atoms with E-state index in [1.165, 1.54) is 11.8 Å². The number of Topliss-reactive ketones (excluding diaryl/α,β-unsaturated/α-hetero) is 1. The number of hydrogen-bond donors (Lipinski definition) is 0. The molecule has 0 atom stereocenters. The first-order chi connectivity index (χ1) is 12.8. The predicted octanol–water partition coefficient (Wildman–Crippen LogP) is 2.86. The zero-order valence-corrected chi connectivity index (χ0v) is 15.4. The second kappa shape index (κ2) is 7.51. The average Bonchev–Trinajstić information content (AvgIpc) is 3.30. The third kappa shape index (κ3) is 3.34. The molecule has 3 aromatic rings. The van der Waals surface area contributed by atoms with E-state index in [4.69, 9.17) is 9.15 Å². The Labute approximate surface area is 155 Å². The van der Waals surface area contributed by atoms with E-state index < -0.39 is 0 Å². The lowest BCUT2D eigenvalue weighted by atomic mass is 10.2. The van der Waals surface area contributed by atoms with Crippen LogP contribution in [0.4, 0.5) is 5.95 Å². The maximum atomic E-state index is 12.5. The van der Waals surface area contributed by atoms with Crippen molar-refractivity contribution in [3.05, 3.63) is 36.1 Å². The quantitative estimate of drug-likeness (QED) is 0.486. The molecule has 2 aromatic heterocycles. The molecule has 0 unspecified atom stereocenters. The number of ketones is 1. The normalized spacial score (nSPS) is 14.9. The molecule has 1 saturated heterocycles. The topological polar surface area (TPSA) is 73.4 Å². The van der Waals surface area contributed by atoms with Gasteiger partial charge in [0.15, 0.2) is 10.9 Å². The van der Waals surface area contributed by atoms with Crippen molar-refractivity contribution < 1.29 is 13.9 Å². The fourth-order valence-electron chi connectivity index (χ4n) is 2.98. The summed E-state index contributed by atoms with van der Waals surface area (Å²) < 4.78 is 13.1. The van der Waals surface area contributed by atoms with E-state index >= 15 is 0 Å². The maximum absolute atomic E-state index is 12.5. The summed E-state index contributed by atoms with van der Waals surface area (Å²) in [5.74, 6) is 1.44. The predicted molar refractivity (Wildman–Crippen MR) is 100.0 cm³/mol. The minimum absolute atomic E-state index is 0.0511. The maximum Gasteiger partial charge on any atom is 0.228 e. The van der Waals surface area contributed by atoms with Gasteiger partial charge in [-0.05, 0) is 19.1 Å². The molecule has 0 N–H and O–H groups in total. The molecular formula is C18H20N4O3S. The van der Waals surface area contributed by atoms with E-state index in [0.717, 1.165) is 41.7 Å². The molecule has 0 spiro atoms. The summed E-state index contributed by atoms with van der Waals surface area (Å²) in [6.07, 6.45) is 0. The molecule has 1 aliphatic rings. The number of nitrogens with zero attached hydrogens (tertiary/aromatic N) is 4. The van der Waals surface area contributed by atoms with Gasteiger partial charge in [0.05, 0.1) is 19.0 Å². The van der Waals surface area contributed by atoms with Gasteiger partial charge in [0.1, 0.15) is 5.58 Å². The van der Waals surface area contributed by atoms with Crippen molar-refractivity contribution in [3.63, 3.8) is 0 Å². The average molecular weight is 372 g/mol. The molecule has 0 radical (unpaired) electrons. The standard InChI is InChI=1S/C18H20N4O3S/c1-2-22-17(21-7-9-24-10-8-21)19-20-18(22)26-12-14(23)16-11-13-5-3-4-6-15(13)25-16/h3-6,11H,2,7-10,12H2,1H3. The van der Waals surface area contributed by atoms with Crippen molar-refractivity contribution in [2.45, 2.75) is 18.6 Å². The SMILES string of the molecule is CCn1c(SCC(=O)c2cc3ccccc3o2)nnc1N1CCOCC1. The third-order valence-corrected chi connectivity index (χ3v) is 5.31. The zero-order chi connectivity index (χ0) is 17.9. The van der Waals surface area contributed by atoms with Crippen LogP contribution in [0, 0.1) is 0 Å². The van der Waals surface area contributed by atoms with Crippen LogP contribution in [-0.4, -0.2) is 52.6 Å². The molecule has 0 amide bonds. The molecule has 4 rings (SSSR count). The summed E-state index contributed by atoms with van der Waals surface area (Å²) in [6, 6.07) is 9.41.